The summed E-state index contributed by atoms with van der Waals surface area (Å²) in [7, 11) is 0. The molecule has 12 heteroatoms. The molecule has 0 aliphatic heterocycles. The van der Waals surface area contributed by atoms with Gasteiger partial charge in [-0.3, -0.25) is 35.8 Å². The van der Waals surface area contributed by atoms with E-state index < -0.39 is 38.0 Å². The van der Waals surface area contributed by atoms with Crippen molar-refractivity contribution in [3.8, 4) is 0 Å². The van der Waals surface area contributed by atoms with Crippen molar-refractivity contribution in [2.75, 3.05) is 5.43 Å². The second-order valence-electron chi connectivity index (χ2n) is 3.83. The van der Waals surface area contributed by atoms with Crippen LogP contribution in [0.4, 0.5) is 17.1 Å². The van der Waals surface area contributed by atoms with Crippen LogP contribution in [0.5, 0.6) is 0 Å². The molecule has 0 bridgehead atoms. The molecule has 0 fully saturated rings. The van der Waals surface area contributed by atoms with Crippen molar-refractivity contribution in [1.29, 1.82) is 0 Å². The SMILES string of the molecule is CC(C(N)=NNc1ccc([N+](=O)[O-])cc1[N+](=O)[O-])[N+](=O)[O-]. The number of non-ortho nitro benzene ring substituents is 1. The zero-order valence-corrected chi connectivity index (χ0v) is 10.6. The topological polar surface area (TPSA) is 180 Å². The summed E-state index contributed by atoms with van der Waals surface area (Å²) >= 11 is 0. The number of nitro groups is 3. The minimum Gasteiger partial charge on any atom is -0.380 e. The van der Waals surface area contributed by atoms with Gasteiger partial charge in [0.15, 0.2) is 5.84 Å². The summed E-state index contributed by atoms with van der Waals surface area (Å²) in [4.78, 5) is 29.5. The van der Waals surface area contributed by atoms with Crippen molar-refractivity contribution in [2.45, 2.75) is 13.0 Å². The van der Waals surface area contributed by atoms with Crippen LogP contribution < -0.4 is 11.2 Å². The number of anilines is 1. The van der Waals surface area contributed by atoms with Crippen LogP contribution in [0.3, 0.4) is 0 Å². The molecular weight excluding hydrogens is 288 g/mol. The fraction of sp³-hybridized carbons (Fsp3) is 0.222. The Balaban J connectivity index is 3.09. The van der Waals surface area contributed by atoms with E-state index in [9.17, 15) is 30.3 Å². The summed E-state index contributed by atoms with van der Waals surface area (Å²) in [6, 6.07) is 1.54. The molecule has 0 saturated heterocycles. The summed E-state index contributed by atoms with van der Waals surface area (Å²) in [6.07, 6.45) is 0. The molecule has 0 aliphatic carbocycles. The Hall–Kier alpha value is -3.31. The van der Waals surface area contributed by atoms with Crippen LogP contribution in [0.25, 0.3) is 0 Å². The molecule has 12 nitrogen and oxygen atoms in total. The zero-order chi connectivity index (χ0) is 16.2. The van der Waals surface area contributed by atoms with E-state index in [2.05, 4.69) is 10.5 Å². The Labute approximate surface area is 116 Å². The van der Waals surface area contributed by atoms with Gasteiger partial charge in [0.1, 0.15) is 5.69 Å². The first-order valence-electron chi connectivity index (χ1n) is 5.39. The molecular formula is C9H10N6O6. The number of nitrogens with two attached hydrogens (primary N) is 1. The van der Waals surface area contributed by atoms with Crippen molar-refractivity contribution < 1.29 is 14.8 Å². The van der Waals surface area contributed by atoms with Gasteiger partial charge in [0.25, 0.3) is 11.7 Å². The number of hydrogen-bond acceptors (Lipinski definition) is 8. The highest BCUT2D eigenvalue weighted by Crippen LogP contribution is 2.28. The van der Waals surface area contributed by atoms with Gasteiger partial charge in [0, 0.05) is 17.9 Å². The first kappa shape index (κ1) is 15.7. The lowest BCUT2D eigenvalue weighted by atomic mass is 10.2. The van der Waals surface area contributed by atoms with Gasteiger partial charge in [-0.25, -0.2) is 0 Å². The average Bonchev–Trinajstić information content (AvgIpc) is 2.43. The molecule has 112 valence electrons. The molecule has 1 rings (SSSR count). The number of hydrazone groups is 1. The normalized spacial score (nSPS) is 12.5. The van der Waals surface area contributed by atoms with Crippen LogP contribution in [0.1, 0.15) is 6.92 Å². The highest BCUT2D eigenvalue weighted by Gasteiger charge is 2.21. The van der Waals surface area contributed by atoms with Gasteiger partial charge in [-0.05, 0) is 6.07 Å². The smallest absolute Gasteiger partial charge is 0.301 e. The second-order valence-corrected chi connectivity index (χ2v) is 3.83. The van der Waals surface area contributed by atoms with Crippen LogP contribution in [0.2, 0.25) is 0 Å². The first-order chi connectivity index (χ1) is 9.73. The molecule has 0 radical (unpaired) electrons. The highest BCUT2D eigenvalue weighted by molar-refractivity contribution is 5.85. The first-order valence-corrected chi connectivity index (χ1v) is 5.39. The van der Waals surface area contributed by atoms with E-state index in [0.717, 1.165) is 18.2 Å². The Bertz CT molecular complexity index is 629. The highest BCUT2D eigenvalue weighted by atomic mass is 16.6. The van der Waals surface area contributed by atoms with Crippen LogP contribution in [0.15, 0.2) is 23.3 Å². The van der Waals surface area contributed by atoms with E-state index in [-0.39, 0.29) is 5.69 Å². The predicted molar refractivity (Wildman–Crippen MR) is 71.5 cm³/mol. The van der Waals surface area contributed by atoms with Crippen molar-refractivity contribution in [3.05, 3.63) is 48.5 Å². The van der Waals surface area contributed by atoms with Crippen LogP contribution in [0, 0.1) is 30.3 Å². The number of nitro benzene ring substituents is 2. The maximum absolute atomic E-state index is 10.8. The quantitative estimate of drug-likeness (QED) is 0.335. The maximum Gasteiger partial charge on any atom is 0.301 e. The Morgan fingerprint density at radius 3 is 2.33 bits per heavy atom. The van der Waals surface area contributed by atoms with E-state index in [1.54, 1.807) is 0 Å². The Morgan fingerprint density at radius 1 is 1.24 bits per heavy atom. The van der Waals surface area contributed by atoms with E-state index in [0.29, 0.717) is 0 Å². The molecule has 1 aromatic carbocycles. The number of benzene rings is 1. The van der Waals surface area contributed by atoms with Gasteiger partial charge in [0.05, 0.1) is 15.9 Å². The molecule has 0 saturated carbocycles. The second kappa shape index (κ2) is 6.23. The zero-order valence-electron chi connectivity index (χ0n) is 10.6. The number of nitrogens with zero attached hydrogens (tertiary/aromatic N) is 4. The summed E-state index contributed by atoms with van der Waals surface area (Å²) in [5.74, 6) is -0.396. The molecule has 0 aromatic heterocycles. The van der Waals surface area contributed by atoms with Crippen LogP contribution in [-0.2, 0) is 0 Å². The van der Waals surface area contributed by atoms with Crippen molar-refractivity contribution in [1.82, 2.24) is 0 Å². The van der Waals surface area contributed by atoms with E-state index in [1.165, 1.54) is 6.92 Å². The third-order valence-electron chi connectivity index (χ3n) is 2.44. The number of rotatable bonds is 6. The number of nitrogens with one attached hydrogen (secondary N) is 1. The van der Waals surface area contributed by atoms with Crippen molar-refractivity contribution >= 4 is 22.9 Å². The predicted octanol–water partition coefficient (Wildman–Crippen LogP) is 0.852. The van der Waals surface area contributed by atoms with Gasteiger partial charge in [-0.15, -0.1) is 0 Å². The lowest BCUT2D eigenvalue weighted by Gasteiger charge is -2.05. The molecule has 3 N–H and O–H groups in total. The summed E-state index contributed by atoms with van der Waals surface area (Å²) in [5.41, 5.74) is 6.28. The Kier molecular flexibility index (Phi) is 4.67. The molecule has 1 unspecified atom stereocenters. The molecule has 0 aliphatic rings. The largest absolute Gasteiger partial charge is 0.380 e. The summed E-state index contributed by atoms with van der Waals surface area (Å²) in [5, 5.41) is 35.3. The van der Waals surface area contributed by atoms with Gasteiger partial charge in [-0.1, -0.05) is 0 Å². The van der Waals surface area contributed by atoms with E-state index >= 15 is 0 Å². The summed E-state index contributed by atoms with van der Waals surface area (Å²) < 4.78 is 0. The summed E-state index contributed by atoms with van der Waals surface area (Å²) in [6.45, 7) is 1.19. The Morgan fingerprint density at radius 2 is 1.86 bits per heavy atom. The van der Waals surface area contributed by atoms with Gasteiger partial charge >= 0.3 is 5.69 Å². The number of hydrogen-bond donors (Lipinski definition) is 2. The molecule has 1 atom stereocenters. The minimum atomic E-state index is -1.28. The van der Waals surface area contributed by atoms with Gasteiger partial charge in [0.2, 0.25) is 0 Å². The van der Waals surface area contributed by atoms with Crippen molar-refractivity contribution in [2.24, 2.45) is 10.8 Å². The van der Waals surface area contributed by atoms with Crippen LogP contribution in [-0.4, -0.2) is 26.6 Å². The van der Waals surface area contributed by atoms with Gasteiger partial charge < -0.3 is 5.73 Å². The molecule has 0 heterocycles. The monoisotopic (exact) mass is 298 g/mol. The molecule has 21 heavy (non-hydrogen) atoms. The van der Waals surface area contributed by atoms with E-state index in [1.807, 2.05) is 0 Å². The van der Waals surface area contributed by atoms with Gasteiger partial charge in [-0.2, -0.15) is 5.10 Å². The molecule has 1 aromatic rings. The van der Waals surface area contributed by atoms with E-state index in [4.69, 9.17) is 5.73 Å². The third kappa shape index (κ3) is 3.82. The van der Waals surface area contributed by atoms with Crippen LogP contribution >= 0.6 is 0 Å². The van der Waals surface area contributed by atoms with Crippen molar-refractivity contribution in [3.63, 3.8) is 0 Å². The minimum absolute atomic E-state index is 0.177. The lowest BCUT2D eigenvalue weighted by molar-refractivity contribution is -0.498. The molecule has 0 amide bonds. The standard InChI is InChI=1S/C9H10N6O6/c1-5(13(16)17)9(10)12-11-7-3-2-6(14(18)19)4-8(7)15(20)21/h2-5,11H,1H3,(H2,10,12). The average molecular weight is 298 g/mol. The fourth-order valence-corrected chi connectivity index (χ4v) is 1.21. The fourth-order valence-electron chi connectivity index (χ4n) is 1.21. The lowest BCUT2D eigenvalue weighted by Crippen LogP contribution is -2.33. The number of amidine groups is 1. The maximum atomic E-state index is 10.8. The third-order valence-corrected chi connectivity index (χ3v) is 2.44. The molecule has 0 spiro atoms.